The Hall–Kier alpha value is 0.210. The van der Waals surface area contributed by atoms with Gasteiger partial charge in [-0.3, -0.25) is 0 Å². The van der Waals surface area contributed by atoms with Gasteiger partial charge in [-0.1, -0.05) is 23.7 Å². The average molecular weight is 297 g/mol. The zero-order valence-corrected chi connectivity index (χ0v) is 12.2. The van der Waals surface area contributed by atoms with Gasteiger partial charge in [-0.15, -0.1) is 0 Å². The third-order valence-electron chi connectivity index (χ3n) is 1.72. The van der Waals surface area contributed by atoms with Gasteiger partial charge in [0.1, 0.15) is 0 Å². The van der Waals surface area contributed by atoms with Gasteiger partial charge in [-0.25, -0.2) is 8.42 Å². The molecule has 0 saturated carbocycles. The molecule has 0 fully saturated rings. The van der Waals surface area contributed by atoms with E-state index in [0.29, 0.717) is 6.07 Å². The van der Waals surface area contributed by atoms with E-state index < -0.39 is 32.6 Å². The Morgan fingerprint density at radius 3 is 2.24 bits per heavy atom. The van der Waals surface area contributed by atoms with Crippen molar-refractivity contribution >= 4 is 21.7 Å². The van der Waals surface area contributed by atoms with Crippen LogP contribution in [0.2, 0.25) is 5.02 Å². The van der Waals surface area contributed by atoms with Gasteiger partial charge in [0, 0.05) is 0 Å². The molecule has 0 saturated heterocycles. The molecule has 0 unspecified atom stereocenters. The van der Waals surface area contributed by atoms with Gasteiger partial charge in [-0.2, -0.15) is 13.2 Å². The van der Waals surface area contributed by atoms with Crippen molar-refractivity contribution in [1.29, 1.82) is 0 Å². The molecule has 1 aromatic rings. The fourth-order valence-electron chi connectivity index (χ4n) is 1.10. The number of rotatable bonds is 2. The largest absolute Gasteiger partial charge is 1.00 e. The molecule has 3 nitrogen and oxygen atoms in total. The van der Waals surface area contributed by atoms with E-state index in [1.165, 1.54) is 0 Å². The first-order valence-electron chi connectivity index (χ1n) is 3.89. The SMILES string of the molecule is O=S(=O)([O-])Cc1cccc(C(F)(F)F)c1Cl.[Na+]. The van der Waals surface area contributed by atoms with E-state index in [9.17, 15) is 26.1 Å². The summed E-state index contributed by atoms with van der Waals surface area (Å²) in [5.74, 6) is -1.06. The van der Waals surface area contributed by atoms with Crippen molar-refractivity contribution in [3.63, 3.8) is 0 Å². The maximum Gasteiger partial charge on any atom is 1.00 e. The van der Waals surface area contributed by atoms with Gasteiger partial charge < -0.3 is 4.55 Å². The van der Waals surface area contributed by atoms with Crippen molar-refractivity contribution in [2.75, 3.05) is 0 Å². The molecule has 1 aromatic carbocycles. The van der Waals surface area contributed by atoms with Crippen molar-refractivity contribution < 1.29 is 55.7 Å². The Balaban J connectivity index is 0.00000256. The number of hydrogen-bond acceptors (Lipinski definition) is 3. The summed E-state index contributed by atoms with van der Waals surface area (Å²) in [4.78, 5) is 0. The van der Waals surface area contributed by atoms with Gasteiger partial charge in [0.2, 0.25) is 0 Å². The zero-order valence-electron chi connectivity index (χ0n) is 8.58. The number of hydrogen-bond donors (Lipinski definition) is 0. The summed E-state index contributed by atoms with van der Waals surface area (Å²) < 4.78 is 68.3. The van der Waals surface area contributed by atoms with E-state index >= 15 is 0 Å². The van der Waals surface area contributed by atoms with Crippen LogP contribution in [0.5, 0.6) is 0 Å². The molecule has 17 heavy (non-hydrogen) atoms. The predicted octanol–water partition coefficient (Wildman–Crippen LogP) is -0.592. The summed E-state index contributed by atoms with van der Waals surface area (Å²) >= 11 is 5.38. The van der Waals surface area contributed by atoms with Gasteiger partial charge in [0.15, 0.2) is 0 Å². The fourth-order valence-corrected chi connectivity index (χ4v) is 2.10. The summed E-state index contributed by atoms with van der Waals surface area (Å²) in [6, 6.07) is 2.77. The molecule has 0 aliphatic carbocycles. The van der Waals surface area contributed by atoms with Crippen LogP contribution < -0.4 is 29.6 Å². The minimum absolute atomic E-state index is 0. The minimum atomic E-state index is -4.68. The van der Waals surface area contributed by atoms with Crippen molar-refractivity contribution in [1.82, 2.24) is 0 Å². The van der Waals surface area contributed by atoms with E-state index in [1.54, 1.807) is 0 Å². The van der Waals surface area contributed by atoms with Gasteiger partial charge in [-0.05, 0) is 11.6 Å². The quantitative estimate of drug-likeness (QED) is 0.541. The fraction of sp³-hybridized carbons (Fsp3) is 0.250. The van der Waals surface area contributed by atoms with Crippen LogP contribution in [0.15, 0.2) is 18.2 Å². The van der Waals surface area contributed by atoms with Crippen LogP contribution in [0.4, 0.5) is 13.2 Å². The molecule has 0 amide bonds. The molecule has 0 aromatic heterocycles. The van der Waals surface area contributed by atoms with Crippen LogP contribution in [-0.2, 0) is 22.0 Å². The summed E-state index contributed by atoms with van der Waals surface area (Å²) in [7, 11) is -4.66. The van der Waals surface area contributed by atoms with E-state index in [1.807, 2.05) is 0 Å². The predicted molar refractivity (Wildman–Crippen MR) is 49.9 cm³/mol. The molecule has 0 spiro atoms. The second-order valence-electron chi connectivity index (χ2n) is 2.98. The van der Waals surface area contributed by atoms with Crippen molar-refractivity contribution in [2.24, 2.45) is 0 Å². The molecular weight excluding hydrogens is 292 g/mol. The van der Waals surface area contributed by atoms with E-state index in [2.05, 4.69) is 0 Å². The molecule has 9 heteroatoms. The molecule has 0 N–H and O–H groups in total. The van der Waals surface area contributed by atoms with Crippen LogP contribution >= 0.6 is 11.6 Å². The molecule has 0 atom stereocenters. The smallest absolute Gasteiger partial charge is 0.748 e. The molecule has 0 heterocycles. The second-order valence-corrected chi connectivity index (χ2v) is 4.76. The Bertz CT molecular complexity index is 501. The molecule has 0 aliphatic heterocycles. The number of alkyl halides is 3. The number of halogens is 4. The van der Waals surface area contributed by atoms with Crippen LogP contribution in [0, 0.1) is 0 Å². The Morgan fingerprint density at radius 1 is 1.29 bits per heavy atom. The molecule has 0 aliphatic rings. The average Bonchev–Trinajstić information content (AvgIpc) is 2.04. The molecule has 1 rings (SSSR count). The standard InChI is InChI=1S/C8H6ClF3O3S.Na/c9-7-5(4-16(13,14)15)2-1-3-6(7)8(10,11)12;/h1-3H,4H2,(H,13,14,15);/q;+1/p-1. The first kappa shape index (κ1) is 17.2. The van der Waals surface area contributed by atoms with E-state index in [4.69, 9.17) is 11.6 Å². The second kappa shape index (κ2) is 5.90. The first-order valence-corrected chi connectivity index (χ1v) is 5.85. The normalized spacial score (nSPS) is 12.1. The van der Waals surface area contributed by atoms with Gasteiger partial charge in [0.05, 0.1) is 26.5 Å². The van der Waals surface area contributed by atoms with E-state index in [-0.39, 0.29) is 35.1 Å². The van der Waals surface area contributed by atoms with Gasteiger partial charge in [0.25, 0.3) is 0 Å². The summed E-state index contributed by atoms with van der Waals surface area (Å²) in [5, 5.41) is -0.755. The first-order chi connectivity index (χ1) is 7.11. The third-order valence-corrected chi connectivity index (χ3v) is 2.83. The van der Waals surface area contributed by atoms with Crippen molar-refractivity contribution in [3.8, 4) is 0 Å². The van der Waals surface area contributed by atoms with E-state index in [0.717, 1.165) is 12.1 Å². The molecule has 0 radical (unpaired) electrons. The van der Waals surface area contributed by atoms with Crippen LogP contribution in [0.3, 0.4) is 0 Å². The third kappa shape index (κ3) is 5.15. The topological polar surface area (TPSA) is 57.2 Å². The Kier molecular flexibility index (Phi) is 5.97. The molecular formula is C8H5ClF3NaO3S. The van der Waals surface area contributed by atoms with Crippen LogP contribution in [-0.4, -0.2) is 13.0 Å². The zero-order chi connectivity index (χ0) is 12.6. The molecule has 0 bridgehead atoms. The van der Waals surface area contributed by atoms with Crippen molar-refractivity contribution in [2.45, 2.75) is 11.9 Å². The summed E-state index contributed by atoms with van der Waals surface area (Å²) in [6.07, 6.45) is -4.68. The Morgan fingerprint density at radius 2 is 1.82 bits per heavy atom. The maximum absolute atomic E-state index is 12.3. The monoisotopic (exact) mass is 296 g/mol. The van der Waals surface area contributed by atoms with Crippen LogP contribution in [0.1, 0.15) is 11.1 Å². The summed E-state index contributed by atoms with van der Waals surface area (Å²) in [5.41, 5.74) is -1.51. The van der Waals surface area contributed by atoms with Crippen molar-refractivity contribution in [3.05, 3.63) is 34.3 Å². The Labute approximate surface area is 123 Å². The molecule has 90 valence electrons. The maximum atomic E-state index is 12.3. The minimum Gasteiger partial charge on any atom is -0.748 e. The summed E-state index contributed by atoms with van der Waals surface area (Å²) in [6.45, 7) is 0. The van der Waals surface area contributed by atoms with Gasteiger partial charge >= 0.3 is 35.7 Å². The van der Waals surface area contributed by atoms with Crippen LogP contribution in [0.25, 0.3) is 0 Å². The number of benzene rings is 1.